The van der Waals surface area contributed by atoms with Gasteiger partial charge in [0, 0.05) is 24.7 Å². The maximum absolute atomic E-state index is 15.3. The average Bonchev–Trinajstić information content (AvgIpc) is 2.88. The molecule has 1 aliphatic heterocycles. The molecule has 146 valence electrons. The molecular formula is C18H21F2N3O4. The molecule has 0 radical (unpaired) electrons. The highest BCUT2D eigenvalue weighted by Gasteiger charge is 2.56. The van der Waals surface area contributed by atoms with Gasteiger partial charge >= 0.3 is 5.69 Å². The average molecular weight is 381 g/mol. The van der Waals surface area contributed by atoms with E-state index in [1.54, 1.807) is 6.92 Å². The van der Waals surface area contributed by atoms with E-state index in [2.05, 4.69) is 4.98 Å². The van der Waals surface area contributed by atoms with E-state index in [1.165, 1.54) is 30.5 Å². The van der Waals surface area contributed by atoms with Crippen LogP contribution in [0, 0.1) is 5.82 Å². The van der Waals surface area contributed by atoms with E-state index in [9.17, 15) is 19.1 Å². The molecule has 9 heteroatoms. The molecule has 2 heterocycles. The van der Waals surface area contributed by atoms with Gasteiger partial charge in [-0.25, -0.2) is 13.6 Å². The number of nitrogens with two attached hydrogens (primary N) is 1. The Morgan fingerprint density at radius 3 is 2.59 bits per heavy atom. The molecule has 1 aliphatic rings. The van der Waals surface area contributed by atoms with Gasteiger partial charge in [0.2, 0.25) is 0 Å². The first-order chi connectivity index (χ1) is 12.8. The third kappa shape index (κ3) is 3.45. The number of aromatic nitrogens is 2. The number of H-pyrrole nitrogens is 1. The lowest BCUT2D eigenvalue weighted by molar-refractivity contribution is -0.0584. The van der Waals surface area contributed by atoms with Crippen LogP contribution in [0.15, 0.2) is 40.1 Å². The smallest absolute Gasteiger partial charge is 0.330 e. The quantitative estimate of drug-likeness (QED) is 0.695. The Bertz CT molecular complexity index is 927. The molecule has 4 N–H and O–H groups in total. The summed E-state index contributed by atoms with van der Waals surface area (Å²) in [7, 11) is 0. The van der Waals surface area contributed by atoms with E-state index in [0.717, 1.165) is 4.57 Å². The standard InChI is InChI=1S/C18H21F2N3O4/c1-2-11-9-23(17(25)22-15(11)24)16-14(20)18(26,13(8-21)27-16)7-10-3-5-12(19)6-4-10/h3-6,9,13-14,16,26H,2,7-8,21H2,1H3,(H,22,24,25)/t13-,14+,16-,18-/m1/s1. The van der Waals surface area contributed by atoms with E-state index in [-0.39, 0.29) is 18.5 Å². The van der Waals surface area contributed by atoms with Gasteiger partial charge in [0.25, 0.3) is 5.56 Å². The molecule has 4 atom stereocenters. The van der Waals surface area contributed by atoms with Crippen LogP contribution in [0.25, 0.3) is 0 Å². The Kier molecular flexibility index (Phi) is 5.27. The summed E-state index contributed by atoms with van der Waals surface area (Å²) < 4.78 is 34.9. The largest absolute Gasteiger partial charge is 0.384 e. The van der Waals surface area contributed by atoms with E-state index >= 15 is 4.39 Å². The summed E-state index contributed by atoms with van der Waals surface area (Å²) in [6, 6.07) is 5.28. The van der Waals surface area contributed by atoms with Crippen LogP contribution in [0.2, 0.25) is 0 Å². The minimum absolute atomic E-state index is 0.175. The second-order valence-electron chi connectivity index (χ2n) is 6.62. The van der Waals surface area contributed by atoms with Gasteiger partial charge in [0.05, 0.1) is 0 Å². The van der Waals surface area contributed by atoms with Crippen molar-refractivity contribution in [2.45, 2.75) is 43.9 Å². The molecule has 1 aromatic heterocycles. The highest BCUT2D eigenvalue weighted by atomic mass is 19.1. The van der Waals surface area contributed by atoms with Crippen molar-refractivity contribution in [1.29, 1.82) is 0 Å². The molecule has 1 fully saturated rings. The van der Waals surface area contributed by atoms with Crippen LogP contribution in [-0.4, -0.2) is 39.1 Å². The number of aryl methyl sites for hydroxylation is 1. The predicted molar refractivity (Wildman–Crippen MR) is 93.6 cm³/mol. The molecule has 0 aliphatic carbocycles. The first kappa shape index (κ1) is 19.4. The van der Waals surface area contributed by atoms with Crippen molar-refractivity contribution >= 4 is 0 Å². The molecule has 0 bridgehead atoms. The normalized spacial score (nSPS) is 27.8. The van der Waals surface area contributed by atoms with E-state index < -0.39 is 41.2 Å². The monoisotopic (exact) mass is 381 g/mol. The summed E-state index contributed by atoms with van der Waals surface area (Å²) in [6.45, 7) is 1.53. The van der Waals surface area contributed by atoms with Crippen molar-refractivity contribution in [2.24, 2.45) is 5.73 Å². The highest BCUT2D eigenvalue weighted by Crippen LogP contribution is 2.40. The highest BCUT2D eigenvalue weighted by molar-refractivity contribution is 5.21. The van der Waals surface area contributed by atoms with Gasteiger partial charge in [-0.3, -0.25) is 14.3 Å². The molecule has 1 aromatic carbocycles. The van der Waals surface area contributed by atoms with E-state index in [1.807, 2.05) is 0 Å². The first-order valence-electron chi connectivity index (χ1n) is 8.61. The molecule has 0 saturated carbocycles. The second kappa shape index (κ2) is 7.34. The first-order valence-corrected chi connectivity index (χ1v) is 8.61. The van der Waals surface area contributed by atoms with E-state index in [0.29, 0.717) is 12.0 Å². The van der Waals surface area contributed by atoms with Gasteiger partial charge in [0.15, 0.2) is 12.4 Å². The van der Waals surface area contributed by atoms with Crippen molar-refractivity contribution in [3.8, 4) is 0 Å². The van der Waals surface area contributed by atoms with Crippen LogP contribution < -0.4 is 17.0 Å². The molecule has 0 amide bonds. The Labute approximate surface area is 153 Å². The summed E-state index contributed by atoms with van der Waals surface area (Å²) in [5.41, 5.74) is 3.02. The third-order valence-corrected chi connectivity index (χ3v) is 4.90. The van der Waals surface area contributed by atoms with Crippen molar-refractivity contribution < 1.29 is 18.6 Å². The number of benzene rings is 1. The zero-order valence-corrected chi connectivity index (χ0v) is 14.7. The number of rotatable bonds is 5. The van der Waals surface area contributed by atoms with Crippen molar-refractivity contribution in [1.82, 2.24) is 9.55 Å². The van der Waals surface area contributed by atoms with Crippen LogP contribution >= 0.6 is 0 Å². The fourth-order valence-electron chi connectivity index (χ4n) is 3.35. The van der Waals surface area contributed by atoms with E-state index in [4.69, 9.17) is 10.5 Å². The van der Waals surface area contributed by atoms with Crippen LogP contribution in [0.3, 0.4) is 0 Å². The van der Waals surface area contributed by atoms with Gasteiger partial charge in [-0.2, -0.15) is 0 Å². The SMILES string of the molecule is CCc1cn([C@@H]2O[C@H](CN)[C@](O)(Cc3ccc(F)cc3)[C@H]2F)c(=O)[nH]c1=O. The lowest BCUT2D eigenvalue weighted by atomic mass is 9.86. The molecule has 2 aromatic rings. The molecule has 1 saturated heterocycles. The van der Waals surface area contributed by atoms with Crippen LogP contribution in [0.4, 0.5) is 8.78 Å². The molecule has 0 unspecified atom stereocenters. The molecule has 3 rings (SSSR count). The maximum Gasteiger partial charge on any atom is 0.330 e. The molecule has 7 nitrogen and oxygen atoms in total. The summed E-state index contributed by atoms with van der Waals surface area (Å²) in [4.78, 5) is 26.0. The number of aliphatic hydroxyl groups is 1. The van der Waals surface area contributed by atoms with Gasteiger partial charge in [-0.1, -0.05) is 19.1 Å². The number of nitrogens with zero attached hydrogens (tertiary/aromatic N) is 1. The summed E-state index contributed by atoms with van der Waals surface area (Å²) in [5, 5.41) is 11.0. The van der Waals surface area contributed by atoms with Gasteiger partial charge in [0.1, 0.15) is 17.5 Å². The minimum Gasteiger partial charge on any atom is -0.384 e. The Balaban J connectivity index is 1.98. The lowest BCUT2D eigenvalue weighted by Crippen LogP contribution is -2.50. The summed E-state index contributed by atoms with van der Waals surface area (Å²) >= 11 is 0. The number of alkyl halides is 1. The fourth-order valence-corrected chi connectivity index (χ4v) is 3.35. The zero-order chi connectivity index (χ0) is 19.8. The van der Waals surface area contributed by atoms with Gasteiger partial charge < -0.3 is 15.6 Å². The number of nitrogens with one attached hydrogen (secondary N) is 1. The second-order valence-corrected chi connectivity index (χ2v) is 6.62. The van der Waals surface area contributed by atoms with Crippen LogP contribution in [-0.2, 0) is 17.6 Å². The number of hydrogen-bond donors (Lipinski definition) is 3. The molecule has 27 heavy (non-hydrogen) atoms. The number of halogens is 2. The maximum atomic E-state index is 15.3. The number of aromatic amines is 1. The number of hydrogen-bond acceptors (Lipinski definition) is 5. The molecular weight excluding hydrogens is 360 g/mol. The third-order valence-electron chi connectivity index (χ3n) is 4.90. The fraction of sp³-hybridized carbons (Fsp3) is 0.444. The van der Waals surface area contributed by atoms with Crippen molar-refractivity contribution in [2.75, 3.05) is 6.54 Å². The van der Waals surface area contributed by atoms with Crippen LogP contribution in [0.1, 0.15) is 24.3 Å². The predicted octanol–water partition coefficient (Wildman–Crippen LogP) is 0.406. The zero-order valence-electron chi connectivity index (χ0n) is 14.7. The molecule has 0 spiro atoms. The van der Waals surface area contributed by atoms with Crippen molar-refractivity contribution in [3.63, 3.8) is 0 Å². The summed E-state index contributed by atoms with van der Waals surface area (Å²) in [6.07, 6.45) is -3.14. The number of ether oxygens (including phenoxy) is 1. The summed E-state index contributed by atoms with van der Waals surface area (Å²) in [5.74, 6) is -0.453. The topological polar surface area (TPSA) is 110 Å². The van der Waals surface area contributed by atoms with Gasteiger partial charge in [-0.15, -0.1) is 0 Å². The Morgan fingerprint density at radius 1 is 1.33 bits per heavy atom. The Morgan fingerprint density at radius 2 is 2.00 bits per heavy atom. The lowest BCUT2D eigenvalue weighted by Gasteiger charge is -2.29. The minimum atomic E-state index is -2.01. The van der Waals surface area contributed by atoms with Crippen LogP contribution in [0.5, 0.6) is 0 Å². The Hall–Kier alpha value is -2.36. The van der Waals surface area contributed by atoms with Gasteiger partial charge in [-0.05, 0) is 24.1 Å². The van der Waals surface area contributed by atoms with Crippen molar-refractivity contribution in [3.05, 3.63) is 68.2 Å².